The molecule has 5 heteroatoms. The highest BCUT2D eigenvalue weighted by Gasteiger charge is 2.17. The van der Waals surface area contributed by atoms with Crippen LogP contribution in [-0.2, 0) is 0 Å². The molecule has 0 radical (unpaired) electrons. The summed E-state index contributed by atoms with van der Waals surface area (Å²) in [6.07, 6.45) is 6.77. The van der Waals surface area contributed by atoms with Gasteiger partial charge in [0.15, 0.2) is 5.82 Å². The molecule has 1 amide bonds. The van der Waals surface area contributed by atoms with Crippen molar-refractivity contribution >= 4 is 16.8 Å². The van der Waals surface area contributed by atoms with E-state index in [9.17, 15) is 9.59 Å². The van der Waals surface area contributed by atoms with Crippen molar-refractivity contribution in [2.75, 3.05) is 0 Å². The maximum Gasteiger partial charge on any atom is 0.287 e. The number of fused-ring (bicyclic) bond motifs is 1. The molecule has 0 unspecified atom stereocenters. The van der Waals surface area contributed by atoms with Crippen molar-refractivity contribution in [3.8, 4) is 0 Å². The molecule has 0 aliphatic heterocycles. The van der Waals surface area contributed by atoms with Crippen molar-refractivity contribution in [2.45, 2.75) is 44.6 Å². The molecule has 0 atom stereocenters. The largest absolute Gasteiger partial charge is 0.347 e. The second-order valence-corrected chi connectivity index (χ2v) is 5.59. The quantitative estimate of drug-likeness (QED) is 0.832. The van der Waals surface area contributed by atoms with Gasteiger partial charge in [0.05, 0.1) is 10.9 Å². The zero-order valence-electron chi connectivity index (χ0n) is 11.9. The Hall–Kier alpha value is -2.17. The zero-order chi connectivity index (χ0) is 14.7. The van der Waals surface area contributed by atoms with Gasteiger partial charge in [0.25, 0.3) is 11.5 Å². The number of nitrogens with zero attached hydrogens (tertiary/aromatic N) is 1. The summed E-state index contributed by atoms with van der Waals surface area (Å²) >= 11 is 0. The molecule has 5 nitrogen and oxygen atoms in total. The number of para-hydroxylation sites is 1. The number of H-pyrrole nitrogens is 1. The number of aromatic nitrogens is 2. The van der Waals surface area contributed by atoms with Crippen LogP contribution in [0, 0.1) is 0 Å². The third kappa shape index (κ3) is 3.12. The van der Waals surface area contributed by atoms with Gasteiger partial charge in [-0.2, -0.15) is 0 Å². The summed E-state index contributed by atoms with van der Waals surface area (Å²) in [6, 6.07) is 7.23. The molecular weight excluding hydrogens is 266 g/mol. The third-order valence-corrected chi connectivity index (χ3v) is 4.02. The monoisotopic (exact) mass is 285 g/mol. The molecule has 2 aromatic rings. The van der Waals surface area contributed by atoms with Crippen molar-refractivity contribution < 1.29 is 4.79 Å². The van der Waals surface area contributed by atoms with Crippen molar-refractivity contribution in [1.29, 1.82) is 0 Å². The molecule has 0 spiro atoms. The summed E-state index contributed by atoms with van der Waals surface area (Å²) in [4.78, 5) is 31.1. The fourth-order valence-corrected chi connectivity index (χ4v) is 2.87. The third-order valence-electron chi connectivity index (χ3n) is 4.02. The highest BCUT2D eigenvalue weighted by molar-refractivity contribution is 5.92. The van der Waals surface area contributed by atoms with E-state index in [1.807, 2.05) is 6.07 Å². The van der Waals surface area contributed by atoms with Gasteiger partial charge in [-0.15, -0.1) is 0 Å². The summed E-state index contributed by atoms with van der Waals surface area (Å²) in [5.41, 5.74) is 0.277. The lowest BCUT2D eigenvalue weighted by Crippen LogP contribution is -2.36. The number of amides is 1. The Morgan fingerprint density at radius 1 is 1.14 bits per heavy atom. The fourth-order valence-electron chi connectivity index (χ4n) is 2.87. The number of rotatable bonds is 2. The topological polar surface area (TPSA) is 74.8 Å². The van der Waals surface area contributed by atoms with Crippen LogP contribution in [0.1, 0.15) is 49.1 Å². The van der Waals surface area contributed by atoms with Crippen molar-refractivity contribution in [1.82, 2.24) is 15.3 Å². The van der Waals surface area contributed by atoms with E-state index in [0.29, 0.717) is 10.9 Å². The van der Waals surface area contributed by atoms with Gasteiger partial charge in [-0.05, 0) is 25.0 Å². The van der Waals surface area contributed by atoms with Crippen LogP contribution in [0.3, 0.4) is 0 Å². The van der Waals surface area contributed by atoms with Gasteiger partial charge >= 0.3 is 0 Å². The number of hydrogen-bond donors (Lipinski definition) is 2. The lowest BCUT2D eigenvalue weighted by Gasteiger charge is -2.15. The molecule has 2 N–H and O–H groups in total. The molecule has 1 fully saturated rings. The standard InChI is InChI=1S/C16H19N3O2/c20-15-12-9-5-6-10-13(12)18-14(19-15)16(21)17-11-7-3-1-2-4-8-11/h5-6,9-11H,1-4,7-8H2,(H,17,21)(H,18,19,20). The molecule has 1 saturated carbocycles. The first-order valence-corrected chi connectivity index (χ1v) is 7.54. The van der Waals surface area contributed by atoms with Crippen LogP contribution in [0.15, 0.2) is 29.1 Å². The van der Waals surface area contributed by atoms with E-state index < -0.39 is 0 Å². The molecule has 1 aromatic heterocycles. The Kier molecular flexibility index (Phi) is 3.99. The molecule has 3 rings (SSSR count). The van der Waals surface area contributed by atoms with Gasteiger partial charge < -0.3 is 10.3 Å². The molecular formula is C16H19N3O2. The molecule has 1 aliphatic rings. The number of carbonyl (C=O) groups excluding carboxylic acids is 1. The second kappa shape index (κ2) is 6.08. The minimum atomic E-state index is -0.287. The van der Waals surface area contributed by atoms with Gasteiger partial charge in [-0.1, -0.05) is 37.8 Å². The molecule has 0 saturated heterocycles. The number of aromatic amines is 1. The van der Waals surface area contributed by atoms with E-state index in [1.165, 1.54) is 12.8 Å². The van der Waals surface area contributed by atoms with Crippen LogP contribution in [-0.4, -0.2) is 21.9 Å². The fraction of sp³-hybridized carbons (Fsp3) is 0.438. The Balaban J connectivity index is 1.82. The van der Waals surface area contributed by atoms with E-state index >= 15 is 0 Å². The first kappa shape index (κ1) is 13.8. The van der Waals surface area contributed by atoms with Gasteiger partial charge in [0.2, 0.25) is 0 Å². The predicted octanol–water partition coefficient (Wildman–Crippen LogP) is 2.38. The number of hydrogen-bond acceptors (Lipinski definition) is 3. The number of carbonyl (C=O) groups is 1. The first-order chi connectivity index (χ1) is 10.2. The Bertz CT molecular complexity index is 700. The molecule has 1 aliphatic carbocycles. The maximum atomic E-state index is 12.3. The van der Waals surface area contributed by atoms with Crippen LogP contribution in [0.5, 0.6) is 0 Å². The summed E-state index contributed by atoms with van der Waals surface area (Å²) < 4.78 is 0. The highest BCUT2D eigenvalue weighted by Crippen LogP contribution is 2.17. The van der Waals surface area contributed by atoms with Gasteiger partial charge in [0.1, 0.15) is 0 Å². The van der Waals surface area contributed by atoms with Gasteiger partial charge in [0, 0.05) is 6.04 Å². The minimum Gasteiger partial charge on any atom is -0.347 e. The molecule has 1 aromatic carbocycles. The van der Waals surface area contributed by atoms with Crippen LogP contribution >= 0.6 is 0 Å². The average Bonchev–Trinajstić information content (AvgIpc) is 2.76. The Labute approximate surface area is 122 Å². The van der Waals surface area contributed by atoms with Crippen LogP contribution in [0.4, 0.5) is 0 Å². The SMILES string of the molecule is O=C(NC1CCCCCC1)c1nc2ccccc2c(=O)[nH]1. The second-order valence-electron chi connectivity index (χ2n) is 5.59. The average molecular weight is 285 g/mol. The number of nitrogens with one attached hydrogen (secondary N) is 2. The van der Waals surface area contributed by atoms with E-state index in [1.54, 1.807) is 18.2 Å². The van der Waals surface area contributed by atoms with Crippen LogP contribution in [0.25, 0.3) is 10.9 Å². The Morgan fingerprint density at radius 3 is 2.62 bits per heavy atom. The molecule has 1 heterocycles. The van der Waals surface area contributed by atoms with E-state index in [2.05, 4.69) is 15.3 Å². The number of benzene rings is 1. The van der Waals surface area contributed by atoms with E-state index in [-0.39, 0.29) is 23.3 Å². The van der Waals surface area contributed by atoms with Crippen molar-refractivity contribution in [3.63, 3.8) is 0 Å². The molecule has 110 valence electrons. The minimum absolute atomic E-state index is 0.1000. The van der Waals surface area contributed by atoms with E-state index in [4.69, 9.17) is 0 Å². The highest BCUT2D eigenvalue weighted by atomic mass is 16.2. The lowest BCUT2D eigenvalue weighted by molar-refractivity contribution is 0.0923. The summed E-state index contributed by atoms with van der Waals surface area (Å²) in [7, 11) is 0. The first-order valence-electron chi connectivity index (χ1n) is 7.54. The summed E-state index contributed by atoms with van der Waals surface area (Å²) in [5, 5.41) is 3.50. The summed E-state index contributed by atoms with van der Waals surface area (Å²) in [5.74, 6) is -0.187. The smallest absolute Gasteiger partial charge is 0.287 e. The van der Waals surface area contributed by atoms with Gasteiger partial charge in [-0.3, -0.25) is 9.59 Å². The normalized spacial score (nSPS) is 16.6. The molecule has 21 heavy (non-hydrogen) atoms. The van der Waals surface area contributed by atoms with Crippen molar-refractivity contribution in [2.24, 2.45) is 0 Å². The van der Waals surface area contributed by atoms with E-state index in [0.717, 1.165) is 25.7 Å². The summed E-state index contributed by atoms with van der Waals surface area (Å²) in [6.45, 7) is 0. The lowest BCUT2D eigenvalue weighted by atomic mass is 10.1. The van der Waals surface area contributed by atoms with Crippen LogP contribution in [0.2, 0.25) is 0 Å². The Morgan fingerprint density at radius 2 is 1.86 bits per heavy atom. The predicted molar refractivity (Wildman–Crippen MR) is 81.3 cm³/mol. The van der Waals surface area contributed by atoms with Crippen molar-refractivity contribution in [3.05, 3.63) is 40.4 Å². The van der Waals surface area contributed by atoms with Gasteiger partial charge in [-0.25, -0.2) is 4.98 Å². The molecule has 0 bridgehead atoms. The van der Waals surface area contributed by atoms with Crippen LogP contribution < -0.4 is 10.9 Å². The zero-order valence-corrected chi connectivity index (χ0v) is 11.9. The maximum absolute atomic E-state index is 12.3.